The van der Waals surface area contributed by atoms with E-state index < -0.39 is 0 Å². The number of pyridine rings is 1. The van der Waals surface area contributed by atoms with Gasteiger partial charge in [0.05, 0.1) is 12.8 Å². The second-order valence-corrected chi connectivity index (χ2v) is 4.97. The summed E-state index contributed by atoms with van der Waals surface area (Å²) in [4.78, 5) is 4.45. The van der Waals surface area contributed by atoms with Crippen molar-refractivity contribution >= 4 is 0 Å². The van der Waals surface area contributed by atoms with Crippen molar-refractivity contribution in [2.75, 3.05) is 14.2 Å². The maximum absolute atomic E-state index is 5.96. The normalized spacial score (nSPS) is 12.0. The van der Waals surface area contributed by atoms with Gasteiger partial charge in [-0.1, -0.05) is 12.1 Å². The molecular formula is C17H22N2O2. The Hall–Kier alpha value is -2.07. The van der Waals surface area contributed by atoms with Gasteiger partial charge in [0.25, 0.3) is 0 Å². The molecule has 0 spiro atoms. The Morgan fingerprint density at radius 3 is 2.71 bits per heavy atom. The largest absolute Gasteiger partial charge is 0.497 e. The van der Waals surface area contributed by atoms with Crippen molar-refractivity contribution in [3.05, 3.63) is 53.3 Å². The van der Waals surface area contributed by atoms with Gasteiger partial charge in [-0.15, -0.1) is 0 Å². The molecule has 1 heterocycles. The van der Waals surface area contributed by atoms with Crippen LogP contribution in [0.2, 0.25) is 0 Å². The standard InChI is InChI=1S/C17H22N2O2/c1-12-6-5-7-14(19-12)11-21-17-10-15(20-4)8-9-16(17)13(2)18-3/h5-10,13,18H,11H2,1-4H3. The molecule has 0 radical (unpaired) electrons. The van der Waals surface area contributed by atoms with Crippen LogP contribution >= 0.6 is 0 Å². The number of rotatable bonds is 6. The van der Waals surface area contributed by atoms with E-state index in [2.05, 4.69) is 17.2 Å². The fourth-order valence-electron chi connectivity index (χ4n) is 2.11. The van der Waals surface area contributed by atoms with E-state index >= 15 is 0 Å². The summed E-state index contributed by atoms with van der Waals surface area (Å²) in [5.74, 6) is 1.61. The fourth-order valence-corrected chi connectivity index (χ4v) is 2.11. The SMILES string of the molecule is CNC(C)c1ccc(OC)cc1OCc1cccc(C)n1. The highest BCUT2D eigenvalue weighted by atomic mass is 16.5. The first-order valence-corrected chi connectivity index (χ1v) is 7.04. The van der Waals surface area contributed by atoms with Crippen molar-refractivity contribution in [2.24, 2.45) is 0 Å². The van der Waals surface area contributed by atoms with Crippen LogP contribution in [0, 0.1) is 6.92 Å². The summed E-state index contributed by atoms with van der Waals surface area (Å²) in [6.45, 7) is 4.52. The first kappa shape index (κ1) is 15.3. The lowest BCUT2D eigenvalue weighted by molar-refractivity contribution is 0.293. The predicted octanol–water partition coefficient (Wildman–Crippen LogP) is 3.26. The number of methoxy groups -OCH3 is 1. The summed E-state index contributed by atoms with van der Waals surface area (Å²) in [5.41, 5.74) is 3.01. The monoisotopic (exact) mass is 286 g/mol. The lowest BCUT2D eigenvalue weighted by atomic mass is 10.1. The minimum atomic E-state index is 0.205. The Labute approximate surface area is 126 Å². The van der Waals surface area contributed by atoms with E-state index in [4.69, 9.17) is 9.47 Å². The average molecular weight is 286 g/mol. The van der Waals surface area contributed by atoms with E-state index in [1.807, 2.05) is 50.4 Å². The summed E-state index contributed by atoms with van der Waals surface area (Å²) in [6.07, 6.45) is 0. The molecule has 0 aliphatic carbocycles. The number of benzene rings is 1. The van der Waals surface area contributed by atoms with Crippen LogP contribution in [0.4, 0.5) is 0 Å². The zero-order valence-electron chi connectivity index (χ0n) is 13.0. The fraction of sp³-hybridized carbons (Fsp3) is 0.353. The van der Waals surface area contributed by atoms with Gasteiger partial charge in [0, 0.05) is 23.4 Å². The number of hydrogen-bond acceptors (Lipinski definition) is 4. The topological polar surface area (TPSA) is 43.4 Å². The minimum Gasteiger partial charge on any atom is -0.497 e. The molecule has 0 bridgehead atoms. The Balaban J connectivity index is 2.20. The molecule has 112 valence electrons. The molecule has 0 saturated heterocycles. The van der Waals surface area contributed by atoms with Gasteiger partial charge in [0.1, 0.15) is 18.1 Å². The van der Waals surface area contributed by atoms with Crippen LogP contribution in [0.25, 0.3) is 0 Å². The van der Waals surface area contributed by atoms with Crippen LogP contribution in [-0.4, -0.2) is 19.1 Å². The predicted molar refractivity (Wildman–Crippen MR) is 83.8 cm³/mol. The van der Waals surface area contributed by atoms with Crippen molar-refractivity contribution in [1.29, 1.82) is 0 Å². The number of hydrogen-bond donors (Lipinski definition) is 1. The van der Waals surface area contributed by atoms with Crippen LogP contribution in [0.15, 0.2) is 36.4 Å². The van der Waals surface area contributed by atoms with Gasteiger partial charge < -0.3 is 14.8 Å². The Morgan fingerprint density at radius 1 is 1.24 bits per heavy atom. The Kier molecular flexibility index (Phi) is 5.17. The molecule has 21 heavy (non-hydrogen) atoms. The second-order valence-electron chi connectivity index (χ2n) is 4.97. The molecule has 1 atom stereocenters. The van der Waals surface area contributed by atoms with Crippen molar-refractivity contribution < 1.29 is 9.47 Å². The van der Waals surface area contributed by atoms with Crippen LogP contribution in [0.3, 0.4) is 0 Å². The molecule has 0 fully saturated rings. The lowest BCUT2D eigenvalue weighted by Gasteiger charge is -2.17. The van der Waals surface area contributed by atoms with Crippen molar-refractivity contribution in [1.82, 2.24) is 10.3 Å². The molecule has 4 heteroatoms. The third-order valence-corrected chi connectivity index (χ3v) is 3.44. The molecule has 1 aromatic heterocycles. The third-order valence-electron chi connectivity index (χ3n) is 3.44. The average Bonchev–Trinajstić information content (AvgIpc) is 2.52. The first-order valence-electron chi connectivity index (χ1n) is 7.04. The Morgan fingerprint density at radius 2 is 2.05 bits per heavy atom. The molecule has 0 saturated carbocycles. The quantitative estimate of drug-likeness (QED) is 0.885. The van der Waals surface area contributed by atoms with Gasteiger partial charge in [-0.3, -0.25) is 4.98 Å². The number of nitrogens with zero attached hydrogens (tertiary/aromatic N) is 1. The lowest BCUT2D eigenvalue weighted by Crippen LogP contribution is -2.14. The molecule has 0 amide bonds. The van der Waals surface area contributed by atoms with Crippen molar-refractivity contribution in [3.63, 3.8) is 0 Å². The van der Waals surface area contributed by atoms with Gasteiger partial charge in [0.15, 0.2) is 0 Å². The first-order chi connectivity index (χ1) is 10.1. The van der Waals surface area contributed by atoms with Gasteiger partial charge in [-0.2, -0.15) is 0 Å². The third kappa shape index (κ3) is 3.95. The molecule has 2 rings (SSSR count). The molecular weight excluding hydrogens is 264 g/mol. The van der Waals surface area contributed by atoms with Crippen molar-refractivity contribution in [3.8, 4) is 11.5 Å². The van der Waals surface area contributed by atoms with Crippen molar-refractivity contribution in [2.45, 2.75) is 26.5 Å². The maximum atomic E-state index is 5.96. The summed E-state index contributed by atoms with van der Waals surface area (Å²) >= 11 is 0. The highest BCUT2D eigenvalue weighted by Crippen LogP contribution is 2.30. The number of aromatic nitrogens is 1. The zero-order valence-corrected chi connectivity index (χ0v) is 13.0. The number of ether oxygens (including phenoxy) is 2. The maximum Gasteiger partial charge on any atom is 0.130 e. The molecule has 4 nitrogen and oxygen atoms in total. The smallest absolute Gasteiger partial charge is 0.130 e. The van der Waals surface area contributed by atoms with Crippen LogP contribution in [-0.2, 0) is 6.61 Å². The van der Waals surface area contributed by atoms with E-state index in [1.54, 1.807) is 7.11 Å². The number of nitrogens with one attached hydrogen (secondary N) is 1. The van der Waals surface area contributed by atoms with Gasteiger partial charge >= 0.3 is 0 Å². The highest BCUT2D eigenvalue weighted by Gasteiger charge is 2.12. The summed E-state index contributed by atoms with van der Waals surface area (Å²) in [6, 6.07) is 12.0. The van der Waals surface area contributed by atoms with Gasteiger partial charge in [0.2, 0.25) is 0 Å². The second kappa shape index (κ2) is 7.09. The summed E-state index contributed by atoms with van der Waals surface area (Å²) < 4.78 is 11.2. The van der Waals surface area contributed by atoms with E-state index in [9.17, 15) is 0 Å². The molecule has 1 unspecified atom stereocenters. The molecule has 0 aliphatic heterocycles. The summed E-state index contributed by atoms with van der Waals surface area (Å²) in [7, 11) is 3.59. The number of aryl methyl sites for hydroxylation is 1. The van der Waals surface area contributed by atoms with Gasteiger partial charge in [-0.05, 0) is 39.1 Å². The molecule has 1 aromatic carbocycles. The van der Waals surface area contributed by atoms with Crippen LogP contribution in [0.5, 0.6) is 11.5 Å². The highest BCUT2D eigenvalue weighted by molar-refractivity contribution is 5.42. The van der Waals surface area contributed by atoms with Gasteiger partial charge in [-0.25, -0.2) is 0 Å². The molecule has 1 N–H and O–H groups in total. The van der Waals surface area contributed by atoms with E-state index in [1.165, 1.54) is 0 Å². The molecule has 0 aliphatic rings. The summed E-state index contributed by atoms with van der Waals surface area (Å²) in [5, 5.41) is 3.23. The Bertz CT molecular complexity index is 599. The minimum absolute atomic E-state index is 0.205. The molecule has 2 aromatic rings. The van der Waals surface area contributed by atoms with E-state index in [0.29, 0.717) is 6.61 Å². The van der Waals surface area contributed by atoms with E-state index in [0.717, 1.165) is 28.5 Å². The van der Waals surface area contributed by atoms with E-state index in [-0.39, 0.29) is 6.04 Å². The zero-order chi connectivity index (χ0) is 15.2. The van der Waals surface area contributed by atoms with Crippen LogP contribution < -0.4 is 14.8 Å². The van der Waals surface area contributed by atoms with Crippen LogP contribution in [0.1, 0.15) is 29.9 Å².